The van der Waals surface area contributed by atoms with Crippen molar-refractivity contribution in [2.24, 2.45) is 4.99 Å². The molecule has 12 heteroatoms. The summed E-state index contributed by atoms with van der Waals surface area (Å²) in [5.74, 6) is 1.08. The predicted octanol–water partition coefficient (Wildman–Crippen LogP) is 25.2. The van der Waals surface area contributed by atoms with Crippen LogP contribution in [0.5, 0.6) is 0 Å². The van der Waals surface area contributed by atoms with Crippen LogP contribution in [0.3, 0.4) is 0 Å². The average molecular weight is 1390 g/mol. The molecule has 1 aliphatic rings. The molecule has 0 unspecified atom stereocenters. The van der Waals surface area contributed by atoms with Crippen molar-refractivity contribution >= 4 is 131 Å². The number of aliphatic imine (C=N–C) groups is 1. The van der Waals surface area contributed by atoms with Crippen LogP contribution in [0.2, 0.25) is 0 Å². The van der Waals surface area contributed by atoms with Gasteiger partial charge in [0.1, 0.15) is 5.82 Å². The van der Waals surface area contributed by atoms with Gasteiger partial charge in [0.05, 0.1) is 34.0 Å². The van der Waals surface area contributed by atoms with Gasteiger partial charge in [-0.25, -0.2) is 0 Å². The first-order valence-electron chi connectivity index (χ1n) is 36.6. The second kappa shape index (κ2) is 25.6. The minimum atomic E-state index is 0.870. The minimum Gasteiger partial charge on any atom is -0.360 e. The SMILES string of the molecule is c1ccc2[nH]c(-c3ccc4[nH]c(-c5cc6ccccc6[nH]5)cc4c3)cc2c1.c1ccc2[nH]c(-c3ccc4[nH]cc(-c5cc6ccccc6[nH]5)c4c3)cc2c1.c1ccc2[nH]c(-c3ccc4ccn(-c5cc6ccccc6[nH]5)c4c3)cc2c1.c1ccc2[nH]c(C3=Nc4cc(-c5cc6ccccc6[nH]5)ccc4C3)cc2c1. The van der Waals surface area contributed by atoms with Gasteiger partial charge in [0, 0.05) is 178 Å². The third kappa shape index (κ3) is 11.4. The highest BCUT2D eigenvalue weighted by atomic mass is 15.1. The summed E-state index contributed by atoms with van der Waals surface area (Å²) >= 11 is 0. The number of H-pyrrole nitrogens is 10. The van der Waals surface area contributed by atoms with E-state index in [-0.39, 0.29) is 0 Å². The van der Waals surface area contributed by atoms with E-state index >= 15 is 0 Å². The highest BCUT2D eigenvalue weighted by Gasteiger charge is 2.20. The second-order valence-corrected chi connectivity index (χ2v) is 28.1. The summed E-state index contributed by atoms with van der Waals surface area (Å²) in [6.07, 6.45) is 5.09. The van der Waals surface area contributed by atoms with Crippen LogP contribution in [0, 0.1) is 0 Å². The number of rotatable bonds is 8. The first-order chi connectivity index (χ1) is 53.4. The summed E-state index contributed by atoms with van der Waals surface area (Å²) in [5.41, 5.74) is 31.2. The van der Waals surface area contributed by atoms with Gasteiger partial charge in [-0.05, 0) is 162 Å². The van der Waals surface area contributed by atoms with E-state index in [4.69, 9.17) is 4.99 Å². The molecule has 23 aromatic rings. The maximum atomic E-state index is 4.93. The van der Waals surface area contributed by atoms with Gasteiger partial charge in [0.15, 0.2) is 0 Å². The fourth-order valence-electron chi connectivity index (χ4n) is 15.7. The summed E-state index contributed by atoms with van der Waals surface area (Å²) in [6, 6.07) is 115. The molecule has 1 aliphatic heterocycles. The van der Waals surface area contributed by atoms with Gasteiger partial charge >= 0.3 is 0 Å². The van der Waals surface area contributed by atoms with Crippen LogP contribution < -0.4 is 0 Å². The molecule has 24 rings (SSSR count). The number of para-hydroxylation sites is 8. The first kappa shape index (κ1) is 61.9. The summed E-state index contributed by atoms with van der Waals surface area (Å²) in [5, 5.41) is 13.5. The lowest BCUT2D eigenvalue weighted by Crippen LogP contribution is -2.00. The normalized spacial score (nSPS) is 12.1. The molecule has 12 heterocycles. The van der Waals surface area contributed by atoms with E-state index in [0.717, 1.165) is 113 Å². The smallest absolute Gasteiger partial charge is 0.115 e. The fraction of sp³-hybridized carbons (Fsp3) is 0.0104. The quantitative estimate of drug-likeness (QED) is 0.0698. The Morgan fingerprint density at radius 2 is 0.611 bits per heavy atom. The highest BCUT2D eigenvalue weighted by molar-refractivity contribution is 6.09. The van der Waals surface area contributed by atoms with Crippen molar-refractivity contribution < 1.29 is 0 Å². The number of nitrogens with one attached hydrogen (secondary N) is 10. The molecule has 0 aliphatic carbocycles. The number of hydrogen-bond acceptors (Lipinski definition) is 1. The van der Waals surface area contributed by atoms with Crippen molar-refractivity contribution in [1.82, 2.24) is 54.4 Å². The second-order valence-electron chi connectivity index (χ2n) is 28.1. The van der Waals surface area contributed by atoms with E-state index in [1.807, 2.05) is 0 Å². The molecule has 108 heavy (non-hydrogen) atoms. The lowest BCUT2D eigenvalue weighted by Gasteiger charge is -2.04. The Labute approximate surface area is 618 Å². The van der Waals surface area contributed by atoms with Gasteiger partial charge in [0.2, 0.25) is 0 Å². The molecule has 11 aromatic heterocycles. The molecule has 0 spiro atoms. The van der Waals surface area contributed by atoms with E-state index in [1.54, 1.807) is 0 Å². The Hall–Kier alpha value is -14.8. The van der Waals surface area contributed by atoms with Gasteiger partial charge in [-0.15, -0.1) is 0 Å². The van der Waals surface area contributed by atoms with E-state index in [0.29, 0.717) is 0 Å². The lowest BCUT2D eigenvalue weighted by atomic mass is 10.0. The lowest BCUT2D eigenvalue weighted by molar-refractivity contribution is 1.08. The van der Waals surface area contributed by atoms with Crippen molar-refractivity contribution in [1.29, 1.82) is 0 Å². The van der Waals surface area contributed by atoms with Gasteiger partial charge in [0.25, 0.3) is 0 Å². The monoisotopic (exact) mass is 1390 g/mol. The maximum Gasteiger partial charge on any atom is 0.115 e. The zero-order valence-corrected chi connectivity index (χ0v) is 58.4. The number of fused-ring (bicyclic) bond motifs is 12. The molecule has 0 radical (unpaired) electrons. The topological polar surface area (TPSA) is 175 Å². The molecule has 0 saturated heterocycles. The Morgan fingerprint density at radius 1 is 0.250 bits per heavy atom. The molecule has 12 aromatic carbocycles. The largest absolute Gasteiger partial charge is 0.360 e. The number of aromatic nitrogens is 11. The van der Waals surface area contributed by atoms with E-state index in [1.165, 1.54) is 109 Å². The van der Waals surface area contributed by atoms with Crippen molar-refractivity contribution in [3.8, 4) is 73.5 Å². The standard InChI is InChI=1S/4C24H17N3/c1-3-7-20-15(5-1)12-23(26-20)17-9-10-22-18(11-17)19(14-25-22)24-13-16-6-2-4-8-21(16)27-24;1-3-7-19-15(5-1)12-22(25-19)17-9-10-21-18(11-17)14-24(27-21)23-13-16-6-2-4-8-20(16)26-23;1-3-7-19-15(5-1)11-21(25-19)17-9-10-18-14-24(27-22(18)12-17)23-13-16-6-2-4-8-20(16)26-23;1-3-7-20-17(5-1)13-22(25-20)19-10-9-16-11-12-27(23(16)14-19)24-15-18-6-2-4-8-21(18)26-24/h2*1-14,25-27H;1-13,25-26H,14H2;1-15,25-26H. The fourth-order valence-corrected chi connectivity index (χ4v) is 15.7. The van der Waals surface area contributed by atoms with Gasteiger partial charge in [-0.3, -0.25) is 4.99 Å². The van der Waals surface area contributed by atoms with Crippen LogP contribution >= 0.6 is 0 Å². The summed E-state index contributed by atoms with van der Waals surface area (Å²) in [6.45, 7) is 0. The van der Waals surface area contributed by atoms with Crippen LogP contribution in [-0.4, -0.2) is 60.1 Å². The van der Waals surface area contributed by atoms with E-state index in [2.05, 4.69) is 394 Å². The molecular formula is C96H68N12. The number of aromatic amines is 10. The first-order valence-corrected chi connectivity index (χ1v) is 36.6. The van der Waals surface area contributed by atoms with E-state index < -0.39 is 0 Å². The van der Waals surface area contributed by atoms with Crippen LogP contribution in [0.4, 0.5) is 5.69 Å². The molecule has 0 saturated carbocycles. The molecule has 0 amide bonds. The van der Waals surface area contributed by atoms with Crippen LogP contribution in [-0.2, 0) is 6.42 Å². The van der Waals surface area contributed by atoms with Crippen LogP contribution in [0.1, 0.15) is 11.3 Å². The molecule has 0 fully saturated rings. The summed E-state index contributed by atoms with van der Waals surface area (Å²) in [7, 11) is 0. The van der Waals surface area contributed by atoms with Crippen LogP contribution in [0.25, 0.3) is 193 Å². The Bertz CT molecular complexity index is 6820. The summed E-state index contributed by atoms with van der Waals surface area (Å²) in [4.78, 5) is 40.0. The van der Waals surface area contributed by atoms with Crippen molar-refractivity contribution in [2.75, 3.05) is 0 Å². The Balaban J connectivity index is 0.0000000919. The molecular weight excluding hydrogens is 1320 g/mol. The maximum absolute atomic E-state index is 4.93. The summed E-state index contributed by atoms with van der Waals surface area (Å²) < 4.78 is 2.22. The van der Waals surface area contributed by atoms with Crippen molar-refractivity contribution in [3.63, 3.8) is 0 Å². The third-order valence-electron chi connectivity index (χ3n) is 21.3. The molecule has 0 bridgehead atoms. The van der Waals surface area contributed by atoms with Crippen molar-refractivity contribution in [3.05, 3.63) is 351 Å². The molecule has 0 atom stereocenters. The number of benzene rings is 12. The minimum absolute atomic E-state index is 0.870. The zero-order valence-electron chi connectivity index (χ0n) is 58.4. The van der Waals surface area contributed by atoms with Crippen LogP contribution in [0.15, 0.2) is 345 Å². The Kier molecular flexibility index (Phi) is 14.7. The highest BCUT2D eigenvalue weighted by Crippen LogP contribution is 2.39. The molecule has 10 N–H and O–H groups in total. The molecule has 512 valence electrons. The Morgan fingerprint density at radius 3 is 1.11 bits per heavy atom. The van der Waals surface area contributed by atoms with Gasteiger partial charge < -0.3 is 54.4 Å². The van der Waals surface area contributed by atoms with Crippen molar-refractivity contribution in [2.45, 2.75) is 6.42 Å². The zero-order chi connectivity index (χ0) is 71.2. The number of hydrogen-bond donors (Lipinski definition) is 10. The molecule has 12 nitrogen and oxygen atoms in total. The average Bonchev–Trinajstić information content (AvgIpc) is 1.64. The van der Waals surface area contributed by atoms with E-state index in [9.17, 15) is 0 Å². The van der Waals surface area contributed by atoms with Gasteiger partial charge in [-0.1, -0.05) is 182 Å². The van der Waals surface area contributed by atoms with Gasteiger partial charge in [-0.2, -0.15) is 0 Å². The predicted molar refractivity (Wildman–Crippen MR) is 450 cm³/mol. The number of nitrogens with zero attached hydrogens (tertiary/aromatic N) is 2. The third-order valence-corrected chi connectivity index (χ3v) is 21.3.